The number of allylic oxidation sites excluding steroid dienone is 2. The third-order valence-corrected chi connectivity index (χ3v) is 8.58. The highest BCUT2D eigenvalue weighted by atomic mass is 15.2. The molecule has 0 amide bonds. The number of hydrogen-bond acceptors (Lipinski definition) is 2. The molecular formula is C40H31N3. The predicted molar refractivity (Wildman–Crippen MR) is 184 cm³/mol. The molecule has 43 heavy (non-hydrogen) atoms. The highest BCUT2D eigenvalue weighted by molar-refractivity contribution is 6.13. The van der Waals surface area contributed by atoms with E-state index in [0.717, 1.165) is 41.3 Å². The van der Waals surface area contributed by atoms with E-state index in [1.54, 1.807) is 0 Å². The molecular weight excluding hydrogens is 522 g/mol. The van der Waals surface area contributed by atoms with Crippen LogP contribution in [0.5, 0.6) is 0 Å². The van der Waals surface area contributed by atoms with Crippen LogP contribution >= 0.6 is 0 Å². The summed E-state index contributed by atoms with van der Waals surface area (Å²) in [7, 11) is 0. The monoisotopic (exact) mass is 553 g/mol. The van der Waals surface area contributed by atoms with E-state index in [0.29, 0.717) is 0 Å². The Morgan fingerprint density at radius 3 is 2.26 bits per heavy atom. The van der Waals surface area contributed by atoms with Gasteiger partial charge in [-0.1, -0.05) is 85.5 Å². The summed E-state index contributed by atoms with van der Waals surface area (Å²) in [6.07, 6.45) is 3.70. The van der Waals surface area contributed by atoms with Crippen LogP contribution in [-0.2, 0) is 0 Å². The number of hydrogen-bond donors (Lipinski definition) is 1. The van der Waals surface area contributed by atoms with Gasteiger partial charge in [0, 0.05) is 44.5 Å². The first kappa shape index (κ1) is 25.2. The van der Waals surface area contributed by atoms with Gasteiger partial charge in [-0.05, 0) is 78.4 Å². The van der Waals surface area contributed by atoms with Gasteiger partial charge >= 0.3 is 0 Å². The zero-order valence-electron chi connectivity index (χ0n) is 23.9. The molecule has 0 spiro atoms. The number of benzene rings is 6. The Balaban J connectivity index is 1.24. The Morgan fingerprint density at radius 2 is 1.40 bits per heavy atom. The van der Waals surface area contributed by atoms with Crippen molar-refractivity contribution in [3.8, 4) is 16.8 Å². The smallest absolute Gasteiger partial charge is 0.0557 e. The first-order chi connectivity index (χ1) is 21.2. The first-order valence-electron chi connectivity index (χ1n) is 14.8. The fraction of sp³-hybridized carbons (Fsp3) is 0.0500. The van der Waals surface area contributed by atoms with Gasteiger partial charge in [-0.25, -0.2) is 0 Å². The minimum Gasteiger partial charge on any atom is -0.355 e. The van der Waals surface area contributed by atoms with Crippen LogP contribution in [0.2, 0.25) is 0 Å². The summed E-state index contributed by atoms with van der Waals surface area (Å²) >= 11 is 0. The highest BCUT2D eigenvalue weighted by Gasteiger charge is 2.26. The molecule has 1 N–H and O–H groups in total. The standard InChI is InChI=1S/C40H31N3/c1-3-4-12-27(2)42-38-20-11-14-28-13-10-18-34(40(28)38)33-23-21-30(26-39(33)42)41-29-22-24-37-35(25-29)32-17-8-9-19-36(32)43(37)31-15-6-5-7-16-31/h3,5-11,13-26,41H,1-2,4,12H2. The lowest BCUT2D eigenvalue weighted by molar-refractivity contribution is 0.941. The van der Waals surface area contributed by atoms with E-state index in [4.69, 9.17) is 0 Å². The molecule has 1 aliphatic rings. The van der Waals surface area contributed by atoms with Crippen LogP contribution in [0.15, 0.2) is 152 Å². The van der Waals surface area contributed by atoms with Crippen molar-refractivity contribution in [2.75, 3.05) is 10.2 Å². The number of nitrogens with zero attached hydrogens (tertiary/aromatic N) is 2. The van der Waals surface area contributed by atoms with E-state index in [-0.39, 0.29) is 0 Å². The van der Waals surface area contributed by atoms with Gasteiger partial charge in [-0.2, -0.15) is 0 Å². The van der Waals surface area contributed by atoms with Crippen LogP contribution in [-0.4, -0.2) is 4.57 Å². The van der Waals surface area contributed by atoms with Crippen molar-refractivity contribution in [2.45, 2.75) is 12.8 Å². The zero-order valence-corrected chi connectivity index (χ0v) is 23.9. The summed E-state index contributed by atoms with van der Waals surface area (Å²) in [6, 6.07) is 45.7. The Hall–Kier alpha value is -5.54. The lowest BCUT2D eigenvalue weighted by atomic mass is 9.90. The van der Waals surface area contributed by atoms with Crippen molar-refractivity contribution >= 4 is 55.3 Å². The number of para-hydroxylation sites is 2. The minimum atomic E-state index is 0.849. The topological polar surface area (TPSA) is 20.2 Å². The molecule has 1 aromatic heterocycles. The van der Waals surface area contributed by atoms with Gasteiger partial charge in [-0.15, -0.1) is 6.58 Å². The van der Waals surface area contributed by atoms with E-state index >= 15 is 0 Å². The van der Waals surface area contributed by atoms with Crippen LogP contribution in [0.1, 0.15) is 12.8 Å². The zero-order chi connectivity index (χ0) is 28.9. The van der Waals surface area contributed by atoms with Gasteiger partial charge in [0.15, 0.2) is 0 Å². The summed E-state index contributed by atoms with van der Waals surface area (Å²) in [5.74, 6) is 0. The maximum Gasteiger partial charge on any atom is 0.0557 e. The Bertz CT molecular complexity index is 2200. The number of fused-ring (bicyclic) bond motifs is 5. The molecule has 0 bridgehead atoms. The summed E-state index contributed by atoms with van der Waals surface area (Å²) in [4.78, 5) is 2.34. The van der Waals surface area contributed by atoms with E-state index < -0.39 is 0 Å². The van der Waals surface area contributed by atoms with Gasteiger partial charge < -0.3 is 14.8 Å². The molecule has 1 aliphatic heterocycles. The van der Waals surface area contributed by atoms with Gasteiger partial charge in [0.05, 0.1) is 22.4 Å². The highest BCUT2D eigenvalue weighted by Crippen LogP contribution is 2.50. The van der Waals surface area contributed by atoms with Crippen LogP contribution in [0.25, 0.3) is 49.4 Å². The van der Waals surface area contributed by atoms with Crippen LogP contribution in [0.3, 0.4) is 0 Å². The van der Waals surface area contributed by atoms with Gasteiger partial charge in [0.25, 0.3) is 0 Å². The number of anilines is 4. The molecule has 3 heteroatoms. The Labute approximate surface area is 251 Å². The summed E-state index contributed by atoms with van der Waals surface area (Å²) in [6.45, 7) is 8.48. The van der Waals surface area contributed by atoms with Gasteiger partial charge in [0.2, 0.25) is 0 Å². The van der Waals surface area contributed by atoms with Crippen molar-refractivity contribution in [1.29, 1.82) is 0 Å². The summed E-state index contributed by atoms with van der Waals surface area (Å²) < 4.78 is 2.35. The molecule has 7 aromatic rings. The molecule has 0 atom stereocenters. The largest absolute Gasteiger partial charge is 0.355 e. The van der Waals surface area contributed by atoms with E-state index in [2.05, 4.69) is 155 Å². The maximum atomic E-state index is 4.53. The minimum absolute atomic E-state index is 0.849. The average molecular weight is 554 g/mol. The molecule has 0 fully saturated rings. The second kappa shape index (κ2) is 10.1. The second-order valence-electron chi connectivity index (χ2n) is 11.2. The number of aromatic nitrogens is 1. The van der Waals surface area contributed by atoms with Gasteiger partial charge in [-0.3, -0.25) is 0 Å². The fourth-order valence-corrected chi connectivity index (χ4v) is 6.68. The van der Waals surface area contributed by atoms with Crippen LogP contribution in [0.4, 0.5) is 22.7 Å². The van der Waals surface area contributed by atoms with Crippen molar-refractivity contribution in [3.05, 3.63) is 152 Å². The molecule has 3 nitrogen and oxygen atoms in total. The predicted octanol–water partition coefficient (Wildman–Crippen LogP) is 11.3. The fourth-order valence-electron chi connectivity index (χ4n) is 6.68. The number of nitrogens with one attached hydrogen (secondary N) is 1. The lowest BCUT2D eigenvalue weighted by Gasteiger charge is -2.35. The third kappa shape index (κ3) is 4.04. The molecule has 0 aliphatic carbocycles. The van der Waals surface area contributed by atoms with Crippen LogP contribution in [0, 0.1) is 0 Å². The molecule has 0 saturated carbocycles. The molecule has 0 saturated heterocycles. The van der Waals surface area contributed by atoms with Crippen molar-refractivity contribution in [1.82, 2.24) is 4.57 Å². The Kier molecular flexibility index (Phi) is 5.90. The molecule has 8 rings (SSSR count). The van der Waals surface area contributed by atoms with Crippen molar-refractivity contribution < 1.29 is 0 Å². The summed E-state index contributed by atoms with van der Waals surface area (Å²) in [5.41, 5.74) is 11.5. The SMILES string of the molecule is C=CCCC(=C)N1c2cc(Nc3ccc4c(c3)c3ccccc3n4-c3ccccc3)ccc2-c2cccc3cccc1c23. The summed E-state index contributed by atoms with van der Waals surface area (Å²) in [5, 5.41) is 8.71. The molecule has 2 heterocycles. The van der Waals surface area contributed by atoms with E-state index in [1.807, 2.05) is 6.08 Å². The molecule has 206 valence electrons. The molecule has 6 aromatic carbocycles. The number of rotatable bonds is 7. The maximum absolute atomic E-state index is 4.53. The van der Waals surface area contributed by atoms with E-state index in [1.165, 1.54) is 49.4 Å². The van der Waals surface area contributed by atoms with Crippen molar-refractivity contribution in [3.63, 3.8) is 0 Å². The van der Waals surface area contributed by atoms with Gasteiger partial charge in [0.1, 0.15) is 0 Å². The molecule has 0 unspecified atom stereocenters. The second-order valence-corrected chi connectivity index (χ2v) is 11.2. The quantitative estimate of drug-likeness (QED) is 0.198. The van der Waals surface area contributed by atoms with Crippen molar-refractivity contribution in [2.24, 2.45) is 0 Å². The normalized spacial score (nSPS) is 12.0. The van der Waals surface area contributed by atoms with Crippen LogP contribution < -0.4 is 10.2 Å². The lowest BCUT2D eigenvalue weighted by Crippen LogP contribution is -2.19. The first-order valence-corrected chi connectivity index (χ1v) is 14.8. The Morgan fingerprint density at radius 1 is 0.651 bits per heavy atom. The third-order valence-electron chi connectivity index (χ3n) is 8.58. The van der Waals surface area contributed by atoms with E-state index in [9.17, 15) is 0 Å². The molecule has 0 radical (unpaired) electrons. The average Bonchev–Trinajstić information content (AvgIpc) is 3.38.